The van der Waals surface area contributed by atoms with Crippen LogP contribution in [0.15, 0.2) is 24.6 Å². The molecule has 0 aromatic carbocycles. The summed E-state index contributed by atoms with van der Waals surface area (Å²) in [4.78, 5) is 22.3. The zero-order chi connectivity index (χ0) is 22.9. The van der Waals surface area contributed by atoms with Gasteiger partial charge in [-0.2, -0.15) is 0 Å². The maximum atomic E-state index is 12.8. The van der Waals surface area contributed by atoms with E-state index in [9.17, 15) is 4.79 Å². The van der Waals surface area contributed by atoms with Crippen molar-refractivity contribution in [3.8, 4) is 0 Å². The molecule has 1 aromatic heterocycles. The monoisotopic (exact) mass is 434 g/mol. The van der Waals surface area contributed by atoms with Crippen molar-refractivity contribution in [2.45, 2.75) is 97.8 Å². The molecule has 5 atom stereocenters. The highest BCUT2D eigenvalue weighted by molar-refractivity contribution is 5.78. The molecule has 2 saturated carbocycles. The van der Waals surface area contributed by atoms with Gasteiger partial charge >= 0.3 is 0 Å². The van der Waals surface area contributed by atoms with Crippen LogP contribution >= 0.6 is 0 Å². The van der Waals surface area contributed by atoms with Gasteiger partial charge < -0.3 is 0 Å². The fourth-order valence-corrected chi connectivity index (χ4v) is 7.04. The Labute approximate surface area is 195 Å². The Hall–Kier alpha value is -1.77. The van der Waals surface area contributed by atoms with Crippen LogP contribution in [-0.4, -0.2) is 15.8 Å². The molecule has 0 radical (unpaired) electrons. The van der Waals surface area contributed by atoms with Crippen molar-refractivity contribution in [1.29, 1.82) is 0 Å². The Morgan fingerprint density at radius 3 is 2.69 bits per heavy atom. The lowest BCUT2D eigenvalue weighted by Gasteiger charge is -2.40. The third-order valence-corrected chi connectivity index (χ3v) is 8.52. The van der Waals surface area contributed by atoms with E-state index in [1.807, 2.05) is 0 Å². The normalized spacial score (nSPS) is 30.2. The summed E-state index contributed by atoms with van der Waals surface area (Å²) in [6.45, 7) is 13.4. The summed E-state index contributed by atoms with van der Waals surface area (Å²) in [6, 6.07) is 0. The van der Waals surface area contributed by atoms with Crippen molar-refractivity contribution in [2.75, 3.05) is 0 Å². The molecule has 0 spiro atoms. The minimum atomic E-state index is 0.333. The highest BCUT2D eigenvalue weighted by Crippen LogP contribution is 2.59. The van der Waals surface area contributed by atoms with E-state index in [-0.39, 0.29) is 0 Å². The molecule has 0 aliphatic heterocycles. The van der Waals surface area contributed by atoms with Crippen LogP contribution in [0.1, 0.15) is 108 Å². The van der Waals surface area contributed by atoms with E-state index in [1.54, 1.807) is 6.33 Å². The van der Waals surface area contributed by atoms with Crippen LogP contribution < -0.4 is 0 Å². The zero-order valence-corrected chi connectivity index (χ0v) is 20.7. The maximum Gasteiger partial charge on any atom is 0.133 e. The first-order chi connectivity index (χ1) is 15.3. The van der Waals surface area contributed by atoms with E-state index >= 15 is 0 Å². The number of aromatic nitrogens is 2. The molecule has 3 nitrogen and oxygen atoms in total. The quantitative estimate of drug-likeness (QED) is 0.382. The zero-order valence-electron chi connectivity index (χ0n) is 20.7. The Kier molecular flexibility index (Phi) is 7.03. The topological polar surface area (TPSA) is 42.9 Å². The molecule has 3 aliphatic carbocycles. The molecule has 0 bridgehead atoms. The lowest BCUT2D eigenvalue weighted by Crippen LogP contribution is -2.31. The van der Waals surface area contributed by atoms with E-state index in [0.29, 0.717) is 34.9 Å². The first-order valence-corrected chi connectivity index (χ1v) is 13.0. The average molecular weight is 435 g/mol. The van der Waals surface area contributed by atoms with Gasteiger partial charge in [0.15, 0.2) is 0 Å². The summed E-state index contributed by atoms with van der Waals surface area (Å²) in [7, 11) is 0. The lowest BCUT2D eigenvalue weighted by atomic mass is 9.65. The standard InChI is InChI=1S/C29H42N2O/c1-6-8-19(3)14-27-23-11-10-22(28(23)31-18-30-27)24-15-20-12-13-29(4,5)17-26(20)25(24)16-21(32)9-7-2/h10-11,18,20,22,24-26H,3,6-9,12-17H2,1-2,4-5H3/t20-,22?,24-,25+,26-/m1/s1. The highest BCUT2D eigenvalue weighted by atomic mass is 16.1. The lowest BCUT2D eigenvalue weighted by molar-refractivity contribution is -0.120. The van der Waals surface area contributed by atoms with Crippen LogP contribution in [0.5, 0.6) is 0 Å². The van der Waals surface area contributed by atoms with Crippen molar-refractivity contribution < 1.29 is 4.79 Å². The van der Waals surface area contributed by atoms with Gasteiger partial charge in [0, 0.05) is 30.7 Å². The molecular formula is C29H42N2O. The van der Waals surface area contributed by atoms with Gasteiger partial charge in [0.1, 0.15) is 12.1 Å². The minimum absolute atomic E-state index is 0.333. The molecule has 0 N–H and O–H groups in total. The van der Waals surface area contributed by atoms with E-state index < -0.39 is 0 Å². The second-order valence-corrected chi connectivity index (χ2v) is 11.6. The molecule has 1 heterocycles. The maximum absolute atomic E-state index is 12.8. The SMILES string of the molecule is C=C(CCC)Cc1ncnc2c1C=CC2[C@H]1C[C@H]2CCC(C)(C)C[C@H]2[C@H]1CC(=O)CCC. The smallest absolute Gasteiger partial charge is 0.133 e. The summed E-state index contributed by atoms with van der Waals surface area (Å²) in [5.41, 5.74) is 5.21. The van der Waals surface area contributed by atoms with E-state index in [0.717, 1.165) is 50.1 Å². The molecule has 3 heteroatoms. The van der Waals surface area contributed by atoms with Gasteiger partial charge in [0.05, 0.1) is 11.4 Å². The molecule has 174 valence electrons. The number of hydrogen-bond acceptors (Lipinski definition) is 3. The Morgan fingerprint density at radius 1 is 1.16 bits per heavy atom. The molecule has 0 amide bonds. The van der Waals surface area contributed by atoms with Crippen molar-refractivity contribution in [3.63, 3.8) is 0 Å². The van der Waals surface area contributed by atoms with E-state index in [2.05, 4.69) is 51.4 Å². The predicted molar refractivity (Wildman–Crippen MR) is 132 cm³/mol. The van der Waals surface area contributed by atoms with Crippen molar-refractivity contribution >= 4 is 11.9 Å². The number of fused-ring (bicyclic) bond motifs is 2. The fraction of sp³-hybridized carbons (Fsp3) is 0.690. The molecule has 4 rings (SSSR count). The number of carbonyl (C=O) groups is 1. The summed E-state index contributed by atoms with van der Waals surface area (Å²) in [6.07, 6.45) is 17.0. The molecule has 2 fully saturated rings. The summed E-state index contributed by atoms with van der Waals surface area (Å²) < 4.78 is 0. The number of rotatable bonds is 9. The Bertz CT molecular complexity index is 883. The van der Waals surface area contributed by atoms with Gasteiger partial charge in [0.2, 0.25) is 0 Å². The minimum Gasteiger partial charge on any atom is -0.300 e. The number of Topliss-reactive ketones (excluding diaryl/α,β-unsaturated/α-hetero) is 1. The molecule has 0 saturated heterocycles. The summed E-state index contributed by atoms with van der Waals surface area (Å²) in [5, 5.41) is 0. The van der Waals surface area contributed by atoms with E-state index in [4.69, 9.17) is 4.98 Å². The average Bonchev–Trinajstić information content (AvgIpc) is 3.30. The third kappa shape index (κ3) is 4.77. The fourth-order valence-electron chi connectivity index (χ4n) is 7.04. The van der Waals surface area contributed by atoms with Crippen molar-refractivity contribution in [1.82, 2.24) is 9.97 Å². The van der Waals surface area contributed by atoms with Gasteiger partial charge in [-0.15, -0.1) is 0 Å². The number of ketones is 1. The largest absolute Gasteiger partial charge is 0.300 e. The van der Waals surface area contributed by atoms with E-state index in [1.165, 1.54) is 42.5 Å². The van der Waals surface area contributed by atoms with Gasteiger partial charge in [-0.05, 0) is 67.6 Å². The second-order valence-electron chi connectivity index (χ2n) is 11.6. The Balaban J connectivity index is 1.61. The predicted octanol–water partition coefficient (Wildman–Crippen LogP) is 7.32. The highest BCUT2D eigenvalue weighted by Gasteiger charge is 2.50. The van der Waals surface area contributed by atoms with Crippen LogP contribution in [0, 0.1) is 29.1 Å². The summed E-state index contributed by atoms with van der Waals surface area (Å²) in [5.74, 6) is 3.28. The van der Waals surface area contributed by atoms with Crippen LogP contribution in [-0.2, 0) is 11.2 Å². The number of allylic oxidation sites excluding steroid dienone is 2. The number of nitrogens with zero attached hydrogens (tertiary/aromatic N) is 2. The van der Waals surface area contributed by atoms with Crippen molar-refractivity contribution in [2.24, 2.45) is 29.1 Å². The summed E-state index contributed by atoms with van der Waals surface area (Å²) >= 11 is 0. The molecular weight excluding hydrogens is 392 g/mol. The van der Waals surface area contributed by atoms with Gasteiger partial charge in [-0.25, -0.2) is 9.97 Å². The van der Waals surface area contributed by atoms with Crippen LogP contribution in [0.4, 0.5) is 0 Å². The van der Waals surface area contributed by atoms with Crippen LogP contribution in [0.25, 0.3) is 6.08 Å². The number of hydrogen-bond donors (Lipinski definition) is 0. The van der Waals surface area contributed by atoms with Crippen LogP contribution in [0.3, 0.4) is 0 Å². The molecule has 1 unspecified atom stereocenters. The van der Waals surface area contributed by atoms with Crippen molar-refractivity contribution in [3.05, 3.63) is 41.5 Å². The van der Waals surface area contributed by atoms with Crippen LogP contribution in [0.2, 0.25) is 0 Å². The number of carbonyl (C=O) groups excluding carboxylic acids is 1. The Morgan fingerprint density at radius 2 is 1.94 bits per heavy atom. The third-order valence-electron chi connectivity index (χ3n) is 8.52. The van der Waals surface area contributed by atoms with Gasteiger partial charge in [-0.1, -0.05) is 58.4 Å². The molecule has 1 aromatic rings. The first kappa shape index (κ1) is 23.4. The second kappa shape index (κ2) is 9.61. The first-order valence-electron chi connectivity index (χ1n) is 13.0. The molecule has 3 aliphatic rings. The molecule has 32 heavy (non-hydrogen) atoms. The van der Waals surface area contributed by atoms with Gasteiger partial charge in [0.25, 0.3) is 0 Å². The van der Waals surface area contributed by atoms with Gasteiger partial charge in [-0.3, -0.25) is 4.79 Å².